The number of hydrogen-bond acceptors (Lipinski definition) is 8. The third-order valence-electron chi connectivity index (χ3n) is 7.37. The topological polar surface area (TPSA) is 104 Å². The lowest BCUT2D eigenvalue weighted by Gasteiger charge is -2.35. The van der Waals surface area contributed by atoms with Gasteiger partial charge in [-0.2, -0.15) is 5.10 Å². The Bertz CT molecular complexity index is 1380. The van der Waals surface area contributed by atoms with Gasteiger partial charge in [0.25, 0.3) is 0 Å². The lowest BCUT2D eigenvalue weighted by atomic mass is 9.31. The molecule has 5 rings (SSSR count). The number of aliphatic hydroxyl groups is 1. The summed E-state index contributed by atoms with van der Waals surface area (Å²) in [6.07, 6.45) is 1.58. The Labute approximate surface area is 200 Å². The molecule has 13 heteroatoms. The Hall–Kier alpha value is -2.36. The highest BCUT2D eigenvalue weighted by Crippen LogP contribution is 2.62. The summed E-state index contributed by atoms with van der Waals surface area (Å²) < 4.78 is 0.968. The number of nitrogens with zero attached hydrogens (tertiary/aromatic N) is 4. The maximum Gasteiger partial charge on any atom is 0.324 e. The number of thiophene rings is 1. The second kappa shape index (κ2) is 7.32. The molecule has 1 aliphatic heterocycles. The van der Waals surface area contributed by atoms with Crippen LogP contribution < -0.4 is 5.32 Å². The molecule has 1 saturated heterocycles. The van der Waals surface area contributed by atoms with Crippen LogP contribution in [0.3, 0.4) is 0 Å². The third kappa shape index (κ3) is 3.09. The van der Waals surface area contributed by atoms with E-state index in [4.69, 9.17) is 0 Å². The van der Waals surface area contributed by atoms with Crippen molar-refractivity contribution < 1.29 is 10.1 Å². The van der Waals surface area contributed by atoms with E-state index in [9.17, 15) is 10.1 Å². The van der Waals surface area contributed by atoms with E-state index < -0.39 is 17.6 Å². The Morgan fingerprint density at radius 2 is 1.79 bits per heavy atom. The Morgan fingerprint density at radius 1 is 1.12 bits per heavy atom. The molecular weight excluding hydrogens is 428 g/mol. The van der Waals surface area contributed by atoms with Gasteiger partial charge in [0.1, 0.15) is 24.8 Å². The molecule has 0 radical (unpaired) electrons. The van der Waals surface area contributed by atoms with Gasteiger partial charge in [-0.05, 0) is 30.5 Å². The molecule has 0 bridgehead atoms. The quantitative estimate of drug-likeness (QED) is 0.316. The van der Waals surface area contributed by atoms with Gasteiger partial charge < -0.3 is 15.4 Å². The smallest absolute Gasteiger partial charge is 0.324 e. The number of aryl methyl sites for hydroxylation is 2. The molecular formula is C20H24B5N5O2S. The van der Waals surface area contributed by atoms with Gasteiger partial charge in [0.15, 0.2) is 0 Å². The summed E-state index contributed by atoms with van der Waals surface area (Å²) >= 11 is 1.55. The minimum Gasteiger partial charge on any atom is -0.448 e. The zero-order chi connectivity index (χ0) is 23.8. The van der Waals surface area contributed by atoms with E-state index in [2.05, 4.69) is 49.0 Å². The Balaban J connectivity index is 1.43. The highest BCUT2D eigenvalue weighted by atomic mass is 32.1. The van der Waals surface area contributed by atoms with Crippen molar-refractivity contribution in [3.05, 3.63) is 53.0 Å². The first-order valence-electron chi connectivity index (χ1n) is 11.1. The Kier molecular flexibility index (Phi) is 4.98. The van der Waals surface area contributed by atoms with E-state index in [-0.39, 0.29) is 5.11 Å². The lowest BCUT2D eigenvalue weighted by Crippen LogP contribution is -2.39. The highest BCUT2D eigenvalue weighted by molar-refractivity contribution is 7.26. The fraction of sp³-hybridized carbons (Fsp3) is 0.300. The van der Waals surface area contributed by atoms with Crippen molar-refractivity contribution in [2.24, 2.45) is 0 Å². The summed E-state index contributed by atoms with van der Waals surface area (Å²) in [6, 6.07) is 8.12. The average molecular weight is 453 g/mol. The summed E-state index contributed by atoms with van der Waals surface area (Å²) in [5.41, 5.74) is 4.93. The van der Waals surface area contributed by atoms with Crippen LogP contribution in [0.1, 0.15) is 22.4 Å². The third-order valence-corrected chi connectivity index (χ3v) is 8.44. The predicted molar refractivity (Wildman–Crippen MR) is 145 cm³/mol. The zero-order valence-electron chi connectivity index (χ0n) is 19.8. The minimum atomic E-state index is -1.14. The molecule has 0 saturated carbocycles. The van der Waals surface area contributed by atoms with Gasteiger partial charge in [-0.1, -0.05) is 24.3 Å². The molecule has 4 aromatic rings. The number of fused-ring (bicyclic) bond motifs is 3. The van der Waals surface area contributed by atoms with Crippen LogP contribution in [0.15, 0.2) is 30.6 Å². The molecule has 3 aromatic heterocycles. The minimum absolute atomic E-state index is 0.289. The summed E-state index contributed by atoms with van der Waals surface area (Å²) in [4.78, 5) is 9.86. The van der Waals surface area contributed by atoms with Crippen LogP contribution in [0.4, 0.5) is 5.82 Å². The van der Waals surface area contributed by atoms with Crippen LogP contribution in [-0.2, 0) is 11.9 Å². The van der Waals surface area contributed by atoms with Crippen molar-refractivity contribution >= 4 is 75.9 Å². The molecule has 162 valence electrons. The second-order valence-corrected chi connectivity index (χ2v) is 11.3. The van der Waals surface area contributed by atoms with Crippen LogP contribution >= 0.6 is 11.3 Å². The van der Waals surface area contributed by atoms with Crippen LogP contribution in [0.2, 0.25) is 5.11 Å². The summed E-state index contributed by atoms with van der Waals surface area (Å²) in [7, 11) is 7.90. The average Bonchev–Trinajstić information content (AvgIpc) is 3.05. The molecule has 1 aliphatic rings. The normalized spacial score (nSPS) is 22.7. The van der Waals surface area contributed by atoms with E-state index in [1.807, 2.05) is 38.1 Å². The van der Waals surface area contributed by atoms with Gasteiger partial charge in [0.05, 0.1) is 39.4 Å². The van der Waals surface area contributed by atoms with E-state index in [1.165, 1.54) is 0 Å². The van der Waals surface area contributed by atoms with Crippen LogP contribution in [-0.4, -0.2) is 74.0 Å². The second-order valence-electron chi connectivity index (χ2n) is 10.3. The molecule has 2 unspecified atom stereocenters. The molecule has 7 nitrogen and oxygen atoms in total. The molecule has 4 heterocycles. The molecule has 2 atom stereocenters. The standard InChI is InChI=1S/C20H24B5N5O2S/c1-9-10(2)29-30-17-13(9)14-15(33-17)16(28-8-27-14)26-7-11-3-5-12(6-4-11)18(19(21,22)23)20(24,31)25(18)32/h3-6,8,31-32H,7,21-24H2,1-2H3,(H,26,27,28). The van der Waals surface area contributed by atoms with Gasteiger partial charge in [0.2, 0.25) is 0 Å². The molecule has 3 N–H and O–H groups in total. The first kappa shape index (κ1) is 22.4. The SMILES string of the molecule is BC(B)(B)C1(c2ccc(CNc3ncnc4c3sc3nnc(C)c(C)c34)cc2)B(O)C1(B)O. The molecule has 0 spiro atoms. The number of hydrogen-bond donors (Lipinski definition) is 3. The van der Waals surface area contributed by atoms with Gasteiger partial charge in [0, 0.05) is 22.6 Å². The number of nitrogens with one attached hydrogen (secondary N) is 1. The van der Waals surface area contributed by atoms with Crippen molar-refractivity contribution in [3.8, 4) is 0 Å². The van der Waals surface area contributed by atoms with Crippen molar-refractivity contribution in [3.63, 3.8) is 0 Å². The maximum absolute atomic E-state index is 10.8. The first-order chi connectivity index (χ1) is 15.5. The van der Waals surface area contributed by atoms with Gasteiger partial charge >= 0.3 is 6.92 Å². The van der Waals surface area contributed by atoms with E-state index in [0.29, 0.717) is 6.54 Å². The molecule has 0 amide bonds. The largest absolute Gasteiger partial charge is 0.448 e. The van der Waals surface area contributed by atoms with Crippen LogP contribution in [0.25, 0.3) is 20.4 Å². The van der Waals surface area contributed by atoms with E-state index in [0.717, 1.165) is 48.6 Å². The molecule has 0 aliphatic carbocycles. The summed E-state index contributed by atoms with van der Waals surface area (Å²) in [5.74, 6) is 0.774. The highest BCUT2D eigenvalue weighted by Gasteiger charge is 2.80. The van der Waals surface area contributed by atoms with Crippen LogP contribution in [0, 0.1) is 13.8 Å². The number of aromatic nitrogens is 4. The van der Waals surface area contributed by atoms with Crippen LogP contribution in [0.5, 0.6) is 0 Å². The predicted octanol–water partition coefficient (Wildman–Crippen LogP) is -1.53. The zero-order valence-corrected chi connectivity index (χ0v) is 20.6. The van der Waals surface area contributed by atoms with Crippen molar-refractivity contribution in [2.75, 3.05) is 5.32 Å². The van der Waals surface area contributed by atoms with Crippen molar-refractivity contribution in [1.29, 1.82) is 0 Å². The monoisotopic (exact) mass is 453 g/mol. The van der Waals surface area contributed by atoms with Gasteiger partial charge in [-0.3, -0.25) is 0 Å². The van der Waals surface area contributed by atoms with Crippen molar-refractivity contribution in [2.45, 2.75) is 36.2 Å². The number of anilines is 1. The first-order valence-corrected chi connectivity index (χ1v) is 11.9. The number of rotatable bonds is 5. The van der Waals surface area contributed by atoms with Crippen molar-refractivity contribution in [1.82, 2.24) is 20.2 Å². The maximum atomic E-state index is 10.8. The lowest BCUT2D eigenvalue weighted by molar-refractivity contribution is 0.213. The van der Waals surface area contributed by atoms with E-state index >= 15 is 0 Å². The fourth-order valence-corrected chi connectivity index (χ4v) is 6.61. The molecule has 1 aromatic carbocycles. The van der Waals surface area contributed by atoms with Gasteiger partial charge in [-0.15, -0.1) is 21.5 Å². The molecule has 33 heavy (non-hydrogen) atoms. The number of benzene rings is 1. The summed E-state index contributed by atoms with van der Waals surface area (Å²) in [6.45, 7) is 3.81. The summed E-state index contributed by atoms with van der Waals surface area (Å²) in [5, 5.41) is 32.4. The molecule has 1 fully saturated rings. The van der Waals surface area contributed by atoms with Gasteiger partial charge in [-0.25, -0.2) is 9.97 Å². The van der Waals surface area contributed by atoms with E-state index in [1.54, 1.807) is 25.5 Å². The Morgan fingerprint density at radius 3 is 2.39 bits per heavy atom. The fourth-order valence-electron chi connectivity index (χ4n) is 5.51.